The van der Waals surface area contributed by atoms with E-state index in [2.05, 4.69) is 21.0 Å². The Morgan fingerprint density at radius 1 is 0.852 bits per heavy atom. The normalized spacial score (nSPS) is 16.9. The maximum absolute atomic E-state index is 12.6. The Bertz CT molecular complexity index is 860. The molecule has 4 rings (SSSR count). The zero-order valence-corrected chi connectivity index (χ0v) is 14.9. The standard InChI is InChI=1S/C20H21F3N4/c21-20(22,23)17-6-4-16(5-7-17)13-25-9-11-26(12-10-25)14-18-15-27-8-2-1-3-19(27)24-18/h1-8,15H,9-14H2. The monoisotopic (exact) mass is 374 g/mol. The van der Waals surface area contributed by atoms with Crippen LogP contribution >= 0.6 is 0 Å². The zero-order chi connectivity index (χ0) is 18.9. The van der Waals surface area contributed by atoms with E-state index in [9.17, 15) is 13.2 Å². The van der Waals surface area contributed by atoms with Gasteiger partial charge in [-0.2, -0.15) is 13.2 Å². The summed E-state index contributed by atoms with van der Waals surface area (Å²) in [5, 5.41) is 0. The van der Waals surface area contributed by atoms with Gasteiger partial charge in [0.1, 0.15) is 5.65 Å². The minimum Gasteiger partial charge on any atom is -0.307 e. The number of aromatic nitrogens is 2. The first kappa shape index (κ1) is 18.0. The van der Waals surface area contributed by atoms with E-state index < -0.39 is 11.7 Å². The van der Waals surface area contributed by atoms with E-state index in [0.717, 1.165) is 61.8 Å². The molecule has 27 heavy (non-hydrogen) atoms. The molecule has 3 aromatic rings. The van der Waals surface area contributed by atoms with Gasteiger partial charge in [-0.25, -0.2) is 4.98 Å². The van der Waals surface area contributed by atoms with Crippen LogP contribution in [0.5, 0.6) is 0 Å². The number of alkyl halides is 3. The van der Waals surface area contributed by atoms with Crippen LogP contribution in [0, 0.1) is 0 Å². The Morgan fingerprint density at radius 2 is 1.52 bits per heavy atom. The molecule has 4 nitrogen and oxygen atoms in total. The lowest BCUT2D eigenvalue weighted by atomic mass is 10.1. The molecule has 1 fully saturated rings. The van der Waals surface area contributed by atoms with E-state index in [0.29, 0.717) is 6.54 Å². The van der Waals surface area contributed by atoms with Gasteiger partial charge in [0.05, 0.1) is 11.3 Å². The van der Waals surface area contributed by atoms with E-state index >= 15 is 0 Å². The van der Waals surface area contributed by atoms with Gasteiger partial charge < -0.3 is 4.40 Å². The van der Waals surface area contributed by atoms with Crippen molar-refractivity contribution in [3.8, 4) is 0 Å². The zero-order valence-electron chi connectivity index (χ0n) is 14.9. The fraction of sp³-hybridized carbons (Fsp3) is 0.350. The molecule has 142 valence electrons. The van der Waals surface area contributed by atoms with Gasteiger partial charge >= 0.3 is 6.18 Å². The Hall–Kier alpha value is -2.38. The smallest absolute Gasteiger partial charge is 0.307 e. The van der Waals surface area contributed by atoms with Crippen LogP contribution in [-0.2, 0) is 19.3 Å². The summed E-state index contributed by atoms with van der Waals surface area (Å²) >= 11 is 0. The highest BCUT2D eigenvalue weighted by atomic mass is 19.4. The molecule has 0 N–H and O–H groups in total. The second-order valence-electron chi connectivity index (χ2n) is 6.95. The van der Waals surface area contributed by atoms with Crippen LogP contribution in [0.3, 0.4) is 0 Å². The fourth-order valence-electron chi connectivity index (χ4n) is 3.46. The van der Waals surface area contributed by atoms with Crippen LogP contribution in [0.15, 0.2) is 54.9 Å². The minimum atomic E-state index is -4.28. The van der Waals surface area contributed by atoms with Crippen LogP contribution < -0.4 is 0 Å². The maximum Gasteiger partial charge on any atom is 0.416 e. The first-order valence-corrected chi connectivity index (χ1v) is 9.01. The second-order valence-corrected chi connectivity index (χ2v) is 6.95. The van der Waals surface area contributed by atoms with Gasteiger partial charge in [-0.3, -0.25) is 9.80 Å². The van der Waals surface area contributed by atoms with Crippen LogP contribution in [0.1, 0.15) is 16.8 Å². The summed E-state index contributed by atoms with van der Waals surface area (Å²) in [5.74, 6) is 0. The van der Waals surface area contributed by atoms with E-state index in [-0.39, 0.29) is 0 Å². The lowest BCUT2D eigenvalue weighted by Crippen LogP contribution is -2.45. The Labute approximate surface area is 155 Å². The van der Waals surface area contributed by atoms with Crippen molar-refractivity contribution in [1.29, 1.82) is 0 Å². The van der Waals surface area contributed by atoms with E-state index in [1.54, 1.807) is 12.1 Å². The fourth-order valence-corrected chi connectivity index (χ4v) is 3.46. The number of piperazine rings is 1. The Balaban J connectivity index is 1.29. The van der Waals surface area contributed by atoms with Crippen molar-refractivity contribution < 1.29 is 13.2 Å². The summed E-state index contributed by atoms with van der Waals surface area (Å²) in [6.45, 7) is 5.14. The number of nitrogens with zero attached hydrogens (tertiary/aromatic N) is 4. The van der Waals surface area contributed by atoms with Gasteiger partial charge in [0.25, 0.3) is 0 Å². The Morgan fingerprint density at radius 3 is 2.15 bits per heavy atom. The molecule has 0 amide bonds. The van der Waals surface area contributed by atoms with Crippen molar-refractivity contribution in [3.63, 3.8) is 0 Å². The lowest BCUT2D eigenvalue weighted by molar-refractivity contribution is -0.137. The summed E-state index contributed by atoms with van der Waals surface area (Å²) in [6.07, 6.45) is -0.222. The maximum atomic E-state index is 12.6. The molecule has 0 spiro atoms. The molecule has 0 saturated carbocycles. The predicted octanol–water partition coefficient (Wildman–Crippen LogP) is 3.67. The minimum absolute atomic E-state index is 0.594. The number of hydrogen-bond donors (Lipinski definition) is 0. The molecule has 1 aliphatic rings. The van der Waals surface area contributed by atoms with Crippen molar-refractivity contribution in [2.75, 3.05) is 26.2 Å². The molecule has 1 saturated heterocycles. The predicted molar refractivity (Wildman–Crippen MR) is 97.2 cm³/mol. The SMILES string of the molecule is FC(F)(F)c1ccc(CN2CCN(Cc3cn4ccccc4n3)CC2)cc1. The van der Waals surface area contributed by atoms with Crippen LogP contribution in [0.25, 0.3) is 5.65 Å². The molecule has 1 aromatic carbocycles. The van der Waals surface area contributed by atoms with Crippen LogP contribution in [-0.4, -0.2) is 45.4 Å². The van der Waals surface area contributed by atoms with Crippen molar-refractivity contribution in [3.05, 3.63) is 71.7 Å². The first-order valence-electron chi connectivity index (χ1n) is 9.01. The summed E-state index contributed by atoms with van der Waals surface area (Å²) in [5.41, 5.74) is 2.33. The third-order valence-corrected chi connectivity index (χ3v) is 4.95. The first-order chi connectivity index (χ1) is 13.0. The molecule has 7 heteroatoms. The van der Waals surface area contributed by atoms with Gasteiger partial charge in [-0.15, -0.1) is 0 Å². The lowest BCUT2D eigenvalue weighted by Gasteiger charge is -2.34. The summed E-state index contributed by atoms with van der Waals surface area (Å²) < 4.78 is 40.0. The molecule has 0 atom stereocenters. The molecule has 1 aliphatic heterocycles. The largest absolute Gasteiger partial charge is 0.416 e. The van der Waals surface area contributed by atoms with Gasteiger partial charge in [0.2, 0.25) is 0 Å². The number of halogens is 3. The molecule has 0 bridgehead atoms. The molecule has 3 heterocycles. The molecular formula is C20H21F3N4. The summed E-state index contributed by atoms with van der Waals surface area (Å²) in [7, 11) is 0. The molecule has 0 aliphatic carbocycles. The van der Waals surface area contributed by atoms with Crippen molar-refractivity contribution in [2.45, 2.75) is 19.3 Å². The van der Waals surface area contributed by atoms with Gasteiger partial charge in [0, 0.05) is 51.7 Å². The van der Waals surface area contributed by atoms with Gasteiger partial charge in [-0.1, -0.05) is 18.2 Å². The quantitative estimate of drug-likeness (QED) is 0.696. The summed E-state index contributed by atoms with van der Waals surface area (Å²) in [6, 6.07) is 11.4. The van der Waals surface area contributed by atoms with Crippen molar-refractivity contribution >= 4 is 5.65 Å². The molecule has 0 radical (unpaired) electrons. The topological polar surface area (TPSA) is 23.8 Å². The Kier molecular flexibility index (Phi) is 4.88. The summed E-state index contributed by atoms with van der Waals surface area (Å²) in [4.78, 5) is 9.28. The van der Waals surface area contributed by atoms with E-state index in [4.69, 9.17) is 0 Å². The average Bonchev–Trinajstić information content (AvgIpc) is 3.05. The molecule has 0 unspecified atom stereocenters. The number of fused-ring (bicyclic) bond motifs is 1. The van der Waals surface area contributed by atoms with E-state index in [1.165, 1.54) is 0 Å². The molecular weight excluding hydrogens is 353 g/mol. The van der Waals surface area contributed by atoms with E-state index in [1.807, 2.05) is 28.8 Å². The number of imidazole rings is 1. The highest BCUT2D eigenvalue weighted by Gasteiger charge is 2.30. The highest BCUT2D eigenvalue weighted by Crippen LogP contribution is 2.29. The molecule has 2 aromatic heterocycles. The third kappa shape index (κ3) is 4.31. The number of hydrogen-bond acceptors (Lipinski definition) is 3. The number of rotatable bonds is 4. The highest BCUT2D eigenvalue weighted by molar-refractivity contribution is 5.39. The number of pyridine rings is 1. The van der Waals surface area contributed by atoms with Crippen LogP contribution in [0.4, 0.5) is 13.2 Å². The second kappa shape index (κ2) is 7.32. The third-order valence-electron chi connectivity index (χ3n) is 4.95. The number of benzene rings is 1. The van der Waals surface area contributed by atoms with Crippen molar-refractivity contribution in [1.82, 2.24) is 19.2 Å². The van der Waals surface area contributed by atoms with Crippen LogP contribution in [0.2, 0.25) is 0 Å². The van der Waals surface area contributed by atoms with Gasteiger partial charge in [0.15, 0.2) is 0 Å². The average molecular weight is 374 g/mol. The van der Waals surface area contributed by atoms with Gasteiger partial charge in [-0.05, 0) is 29.8 Å². The van der Waals surface area contributed by atoms with Crippen molar-refractivity contribution in [2.24, 2.45) is 0 Å².